The van der Waals surface area contributed by atoms with Crippen molar-refractivity contribution in [2.45, 2.75) is 13.0 Å². The molecule has 4 N–H and O–H groups in total. The van der Waals surface area contributed by atoms with E-state index in [1.807, 2.05) is 0 Å². The average molecular weight is 198 g/mol. The number of rotatable bonds is 3. The van der Waals surface area contributed by atoms with E-state index < -0.39 is 6.10 Å². The number of nitrogen functional groups attached to an aromatic ring is 1. The van der Waals surface area contributed by atoms with Gasteiger partial charge in [-0.3, -0.25) is 9.48 Å². The number of nitrogens with two attached hydrogens (primary N) is 1. The third-order valence-corrected chi connectivity index (χ3v) is 1.79. The van der Waals surface area contributed by atoms with E-state index in [-0.39, 0.29) is 12.5 Å². The maximum atomic E-state index is 11.4. The van der Waals surface area contributed by atoms with Crippen LogP contribution in [0.4, 0.5) is 5.82 Å². The van der Waals surface area contributed by atoms with Crippen LogP contribution in [0, 0.1) is 0 Å². The number of carbonyl (C=O) groups is 1. The molecule has 0 aliphatic carbocycles. The predicted molar refractivity (Wildman–Crippen MR) is 51.6 cm³/mol. The van der Waals surface area contributed by atoms with Gasteiger partial charge in [0.05, 0.1) is 12.3 Å². The molecule has 1 atom stereocenters. The number of aliphatic hydroxyl groups excluding tert-OH is 1. The summed E-state index contributed by atoms with van der Waals surface area (Å²) in [6.07, 6.45) is 0.823. The van der Waals surface area contributed by atoms with Gasteiger partial charge in [-0.05, 0) is 6.92 Å². The molecule has 0 fully saturated rings. The van der Waals surface area contributed by atoms with Gasteiger partial charge in [-0.25, -0.2) is 0 Å². The standard InChI is InChI=1S/C8H14N4O2/c1-5(13)3-10-8(14)6-4-11-12(2)7(6)9/h4-5,13H,3,9H2,1-2H3,(H,10,14). The Hall–Kier alpha value is -1.56. The van der Waals surface area contributed by atoms with Crippen molar-refractivity contribution < 1.29 is 9.90 Å². The molecule has 1 unspecified atom stereocenters. The Labute approximate surface area is 81.7 Å². The Morgan fingerprint density at radius 3 is 2.93 bits per heavy atom. The van der Waals surface area contributed by atoms with Crippen LogP contribution in [-0.2, 0) is 7.05 Å². The molecule has 1 aromatic rings. The van der Waals surface area contributed by atoms with E-state index in [9.17, 15) is 4.79 Å². The Morgan fingerprint density at radius 1 is 1.86 bits per heavy atom. The number of hydrogen-bond donors (Lipinski definition) is 3. The van der Waals surface area contributed by atoms with Crippen molar-refractivity contribution in [3.63, 3.8) is 0 Å². The molecule has 1 amide bonds. The molecule has 0 spiro atoms. The first-order valence-corrected chi connectivity index (χ1v) is 4.26. The number of amides is 1. The van der Waals surface area contributed by atoms with E-state index in [0.29, 0.717) is 11.4 Å². The molecule has 6 heteroatoms. The van der Waals surface area contributed by atoms with Gasteiger partial charge in [0.1, 0.15) is 11.4 Å². The highest BCUT2D eigenvalue weighted by Crippen LogP contribution is 2.08. The molecule has 0 radical (unpaired) electrons. The molecule has 1 heterocycles. The van der Waals surface area contributed by atoms with Crippen molar-refractivity contribution in [2.75, 3.05) is 12.3 Å². The second-order valence-electron chi connectivity index (χ2n) is 3.13. The summed E-state index contributed by atoms with van der Waals surface area (Å²) >= 11 is 0. The van der Waals surface area contributed by atoms with Crippen LogP contribution in [0.25, 0.3) is 0 Å². The first-order valence-electron chi connectivity index (χ1n) is 4.26. The molecule has 78 valence electrons. The minimum atomic E-state index is -0.572. The van der Waals surface area contributed by atoms with Crippen LogP contribution >= 0.6 is 0 Å². The lowest BCUT2D eigenvalue weighted by Gasteiger charge is -2.06. The van der Waals surface area contributed by atoms with Crippen LogP contribution in [-0.4, -0.2) is 33.4 Å². The topological polar surface area (TPSA) is 93.2 Å². The minimum Gasteiger partial charge on any atom is -0.392 e. The summed E-state index contributed by atoms with van der Waals surface area (Å²) in [5.41, 5.74) is 5.91. The summed E-state index contributed by atoms with van der Waals surface area (Å²) in [6.45, 7) is 1.79. The van der Waals surface area contributed by atoms with Crippen molar-refractivity contribution in [3.8, 4) is 0 Å². The normalized spacial score (nSPS) is 12.5. The number of aryl methyl sites for hydroxylation is 1. The van der Waals surface area contributed by atoms with Gasteiger partial charge < -0.3 is 16.2 Å². The van der Waals surface area contributed by atoms with E-state index in [0.717, 1.165) is 0 Å². The van der Waals surface area contributed by atoms with Gasteiger partial charge in [0.15, 0.2) is 0 Å². The number of anilines is 1. The Kier molecular flexibility index (Phi) is 3.08. The summed E-state index contributed by atoms with van der Waals surface area (Å²) in [5.74, 6) is -0.00964. The maximum absolute atomic E-state index is 11.4. The number of nitrogens with zero attached hydrogens (tertiary/aromatic N) is 2. The lowest BCUT2D eigenvalue weighted by Crippen LogP contribution is -2.30. The lowest BCUT2D eigenvalue weighted by atomic mass is 10.3. The third-order valence-electron chi connectivity index (χ3n) is 1.79. The molecule has 0 aromatic carbocycles. The van der Waals surface area contributed by atoms with Gasteiger partial charge in [0.25, 0.3) is 5.91 Å². The monoisotopic (exact) mass is 198 g/mol. The second kappa shape index (κ2) is 4.10. The van der Waals surface area contributed by atoms with Crippen LogP contribution in [0.3, 0.4) is 0 Å². The fourth-order valence-electron chi connectivity index (χ4n) is 0.958. The molecule has 0 bridgehead atoms. The van der Waals surface area contributed by atoms with Crippen LogP contribution in [0.1, 0.15) is 17.3 Å². The molecule has 14 heavy (non-hydrogen) atoms. The Bertz CT molecular complexity index is 332. The van der Waals surface area contributed by atoms with Crippen LogP contribution in [0.5, 0.6) is 0 Å². The Morgan fingerprint density at radius 2 is 2.50 bits per heavy atom. The lowest BCUT2D eigenvalue weighted by molar-refractivity contribution is 0.0925. The highest BCUT2D eigenvalue weighted by atomic mass is 16.3. The molecule has 0 aliphatic rings. The van der Waals surface area contributed by atoms with E-state index in [2.05, 4.69) is 10.4 Å². The van der Waals surface area contributed by atoms with Crippen LogP contribution in [0.15, 0.2) is 6.20 Å². The van der Waals surface area contributed by atoms with Gasteiger partial charge in [0, 0.05) is 13.6 Å². The third kappa shape index (κ3) is 2.23. The van der Waals surface area contributed by atoms with Crippen molar-refractivity contribution in [1.82, 2.24) is 15.1 Å². The molecule has 6 nitrogen and oxygen atoms in total. The maximum Gasteiger partial charge on any atom is 0.256 e. The van der Waals surface area contributed by atoms with Crippen molar-refractivity contribution >= 4 is 11.7 Å². The summed E-state index contributed by atoms with van der Waals surface area (Å²) in [5, 5.41) is 15.3. The van der Waals surface area contributed by atoms with E-state index in [1.165, 1.54) is 10.9 Å². The zero-order valence-corrected chi connectivity index (χ0v) is 8.19. The SMILES string of the molecule is CC(O)CNC(=O)c1cnn(C)c1N. The minimum absolute atomic E-state index is 0.202. The molecule has 0 saturated heterocycles. The fourth-order valence-corrected chi connectivity index (χ4v) is 0.958. The fraction of sp³-hybridized carbons (Fsp3) is 0.500. The summed E-state index contributed by atoms with van der Waals surface area (Å²) in [7, 11) is 1.65. The van der Waals surface area contributed by atoms with Crippen molar-refractivity contribution in [2.24, 2.45) is 7.05 Å². The summed E-state index contributed by atoms with van der Waals surface area (Å²) in [4.78, 5) is 11.4. The second-order valence-corrected chi connectivity index (χ2v) is 3.13. The summed E-state index contributed by atoms with van der Waals surface area (Å²) < 4.78 is 1.41. The van der Waals surface area contributed by atoms with E-state index >= 15 is 0 Å². The number of carbonyl (C=O) groups excluding carboxylic acids is 1. The molecule has 1 aromatic heterocycles. The van der Waals surface area contributed by atoms with Gasteiger partial charge in [-0.1, -0.05) is 0 Å². The number of hydrogen-bond acceptors (Lipinski definition) is 4. The van der Waals surface area contributed by atoms with Gasteiger partial charge >= 0.3 is 0 Å². The highest BCUT2D eigenvalue weighted by molar-refractivity contribution is 5.98. The summed E-state index contributed by atoms with van der Waals surface area (Å²) in [6, 6.07) is 0. The van der Waals surface area contributed by atoms with Gasteiger partial charge in [-0.2, -0.15) is 5.10 Å². The molecular formula is C8H14N4O2. The average Bonchev–Trinajstić information content (AvgIpc) is 2.44. The van der Waals surface area contributed by atoms with Crippen molar-refractivity contribution in [1.29, 1.82) is 0 Å². The first kappa shape index (κ1) is 10.5. The number of aromatic nitrogens is 2. The largest absolute Gasteiger partial charge is 0.392 e. The van der Waals surface area contributed by atoms with Crippen LogP contribution in [0.2, 0.25) is 0 Å². The molecule has 0 saturated carbocycles. The van der Waals surface area contributed by atoms with E-state index in [1.54, 1.807) is 14.0 Å². The molecule has 0 aliphatic heterocycles. The first-order chi connectivity index (χ1) is 6.52. The smallest absolute Gasteiger partial charge is 0.256 e. The highest BCUT2D eigenvalue weighted by Gasteiger charge is 2.13. The zero-order chi connectivity index (χ0) is 10.7. The molecule has 1 rings (SSSR count). The van der Waals surface area contributed by atoms with Crippen molar-refractivity contribution in [3.05, 3.63) is 11.8 Å². The predicted octanol–water partition coefficient (Wildman–Crippen LogP) is -0.887. The van der Waals surface area contributed by atoms with Crippen LogP contribution < -0.4 is 11.1 Å². The van der Waals surface area contributed by atoms with E-state index in [4.69, 9.17) is 10.8 Å². The quantitative estimate of drug-likeness (QED) is 0.587. The number of nitrogens with one attached hydrogen (secondary N) is 1. The Balaban J connectivity index is 2.66. The molecular weight excluding hydrogens is 184 g/mol. The number of aliphatic hydroxyl groups is 1. The van der Waals surface area contributed by atoms with Gasteiger partial charge in [0.2, 0.25) is 0 Å². The van der Waals surface area contributed by atoms with Gasteiger partial charge in [-0.15, -0.1) is 0 Å². The zero-order valence-electron chi connectivity index (χ0n) is 8.19.